The predicted molar refractivity (Wildman–Crippen MR) is 71.7 cm³/mol. The van der Waals surface area contributed by atoms with Crippen molar-refractivity contribution in [3.63, 3.8) is 0 Å². The molecule has 1 saturated heterocycles. The van der Waals surface area contributed by atoms with Crippen LogP contribution in [0.4, 0.5) is 4.79 Å². The van der Waals surface area contributed by atoms with Gasteiger partial charge in [0.25, 0.3) is 0 Å². The summed E-state index contributed by atoms with van der Waals surface area (Å²) in [5.74, 6) is 0. The van der Waals surface area contributed by atoms with Crippen LogP contribution in [0.5, 0.6) is 0 Å². The molecular weight excluding hydrogens is 250 g/mol. The normalized spacial score (nSPS) is 23.1. The minimum Gasteiger partial charge on any atom is -0.445 e. The van der Waals surface area contributed by atoms with Gasteiger partial charge in [-0.1, -0.05) is 12.7 Å². The number of likely N-dealkylation sites (tertiary alicyclic amines) is 1. The fraction of sp³-hybridized carbons (Fsp3) is 0.500. The second kappa shape index (κ2) is 5.95. The topological polar surface area (TPSA) is 47.4 Å². The van der Waals surface area contributed by atoms with Crippen LogP contribution in [-0.4, -0.2) is 45.0 Å². The van der Waals surface area contributed by atoms with Gasteiger partial charge < -0.3 is 14.2 Å². The highest BCUT2D eigenvalue weighted by Crippen LogP contribution is 2.23. The molecular formula is C12H17N3O2S. The van der Waals surface area contributed by atoms with Gasteiger partial charge in [0, 0.05) is 30.7 Å². The Kier molecular flexibility index (Phi) is 4.30. The summed E-state index contributed by atoms with van der Waals surface area (Å²) in [5.41, 5.74) is 0. The third-order valence-electron chi connectivity index (χ3n) is 2.93. The van der Waals surface area contributed by atoms with E-state index in [0.29, 0.717) is 6.54 Å². The van der Waals surface area contributed by atoms with Crippen LogP contribution >= 0.6 is 12.6 Å². The van der Waals surface area contributed by atoms with E-state index in [1.165, 1.54) is 0 Å². The lowest BCUT2D eigenvalue weighted by Crippen LogP contribution is -2.38. The molecule has 2 rings (SSSR count). The van der Waals surface area contributed by atoms with E-state index >= 15 is 0 Å². The highest BCUT2D eigenvalue weighted by atomic mass is 32.1. The van der Waals surface area contributed by atoms with E-state index in [-0.39, 0.29) is 24.0 Å². The molecule has 0 bridgehead atoms. The largest absolute Gasteiger partial charge is 0.445 e. The van der Waals surface area contributed by atoms with Crippen molar-refractivity contribution in [1.82, 2.24) is 14.5 Å². The first-order valence-corrected chi connectivity index (χ1v) is 6.40. The molecule has 0 radical (unpaired) electrons. The van der Waals surface area contributed by atoms with Crippen LogP contribution in [-0.2, 0) is 11.3 Å². The molecule has 0 saturated carbocycles. The van der Waals surface area contributed by atoms with Gasteiger partial charge in [0.2, 0.25) is 0 Å². The van der Waals surface area contributed by atoms with Crippen LogP contribution in [0.1, 0.15) is 6.42 Å². The van der Waals surface area contributed by atoms with Crippen LogP contribution < -0.4 is 0 Å². The van der Waals surface area contributed by atoms with Gasteiger partial charge in [-0.05, 0) is 6.42 Å². The van der Waals surface area contributed by atoms with E-state index in [2.05, 4.69) is 24.2 Å². The zero-order valence-corrected chi connectivity index (χ0v) is 11.0. The number of nitrogens with zero attached hydrogens (tertiary/aromatic N) is 3. The summed E-state index contributed by atoms with van der Waals surface area (Å²) in [5, 5.41) is 0.204. The van der Waals surface area contributed by atoms with Crippen LogP contribution in [0.25, 0.3) is 0 Å². The Hall–Kier alpha value is -1.43. The molecule has 0 aliphatic carbocycles. The van der Waals surface area contributed by atoms with Gasteiger partial charge in [-0.15, -0.1) is 0 Å². The minimum absolute atomic E-state index is 0.110. The molecule has 1 amide bonds. The summed E-state index contributed by atoms with van der Waals surface area (Å²) in [6, 6.07) is 0.110. The lowest BCUT2D eigenvalue weighted by atomic mass is 10.2. The summed E-state index contributed by atoms with van der Waals surface area (Å²) >= 11 is 4.45. The molecule has 98 valence electrons. The third-order valence-corrected chi connectivity index (χ3v) is 3.31. The van der Waals surface area contributed by atoms with E-state index < -0.39 is 0 Å². The van der Waals surface area contributed by atoms with Crippen LogP contribution in [0, 0.1) is 0 Å². The quantitative estimate of drug-likeness (QED) is 0.665. The SMILES string of the molecule is C=CCOC(=O)N1CC(S)CC1Cn1ccnc1. The molecule has 1 aliphatic heterocycles. The Bertz CT molecular complexity index is 407. The molecule has 1 aromatic rings. The maximum absolute atomic E-state index is 11.9. The number of amides is 1. The van der Waals surface area contributed by atoms with Crippen molar-refractivity contribution in [2.24, 2.45) is 0 Å². The molecule has 1 aromatic heterocycles. The van der Waals surface area contributed by atoms with Gasteiger partial charge in [-0.25, -0.2) is 9.78 Å². The molecule has 0 N–H and O–H groups in total. The number of thiol groups is 1. The van der Waals surface area contributed by atoms with Gasteiger partial charge in [-0.3, -0.25) is 0 Å². The summed E-state index contributed by atoms with van der Waals surface area (Å²) in [6.45, 7) is 5.12. The zero-order chi connectivity index (χ0) is 13.0. The fourth-order valence-electron chi connectivity index (χ4n) is 2.14. The molecule has 0 aromatic carbocycles. The molecule has 2 heterocycles. The molecule has 0 spiro atoms. The van der Waals surface area contributed by atoms with E-state index in [4.69, 9.17) is 4.74 Å². The van der Waals surface area contributed by atoms with Crippen molar-refractivity contribution in [2.75, 3.05) is 13.2 Å². The van der Waals surface area contributed by atoms with Crippen molar-refractivity contribution >= 4 is 18.7 Å². The van der Waals surface area contributed by atoms with Gasteiger partial charge in [0.1, 0.15) is 6.61 Å². The standard InChI is InChI=1S/C12H17N3O2S/c1-2-5-17-12(16)15-8-11(18)6-10(15)7-14-4-3-13-9-14/h2-4,9-11,18H,1,5-8H2. The number of imidazole rings is 1. The summed E-state index contributed by atoms with van der Waals surface area (Å²) < 4.78 is 7.05. The van der Waals surface area contributed by atoms with Crippen molar-refractivity contribution in [3.8, 4) is 0 Å². The lowest BCUT2D eigenvalue weighted by Gasteiger charge is -2.23. The molecule has 2 atom stereocenters. The Labute approximate surface area is 112 Å². The number of carbonyl (C=O) groups excluding carboxylic acids is 1. The zero-order valence-electron chi connectivity index (χ0n) is 10.1. The number of hydrogen-bond donors (Lipinski definition) is 1. The fourth-order valence-corrected chi connectivity index (χ4v) is 2.56. The Balaban J connectivity index is 1.98. The van der Waals surface area contributed by atoms with Crippen LogP contribution in [0.3, 0.4) is 0 Å². The first-order chi connectivity index (χ1) is 8.70. The van der Waals surface area contributed by atoms with E-state index in [1.807, 2.05) is 10.8 Å². The number of ether oxygens (including phenoxy) is 1. The third kappa shape index (κ3) is 3.07. The molecule has 5 nitrogen and oxygen atoms in total. The number of hydrogen-bond acceptors (Lipinski definition) is 4. The van der Waals surface area contributed by atoms with Crippen molar-refractivity contribution in [2.45, 2.75) is 24.3 Å². The smallest absolute Gasteiger partial charge is 0.410 e. The molecule has 1 fully saturated rings. The van der Waals surface area contributed by atoms with Gasteiger partial charge in [-0.2, -0.15) is 12.6 Å². The maximum atomic E-state index is 11.9. The van der Waals surface area contributed by atoms with Crippen molar-refractivity contribution in [3.05, 3.63) is 31.4 Å². The number of rotatable bonds is 4. The average Bonchev–Trinajstić information content (AvgIpc) is 2.96. The minimum atomic E-state index is -0.295. The molecule has 2 unspecified atom stereocenters. The first-order valence-electron chi connectivity index (χ1n) is 5.89. The first kappa shape index (κ1) is 13.0. The Morgan fingerprint density at radius 1 is 1.67 bits per heavy atom. The van der Waals surface area contributed by atoms with Crippen LogP contribution in [0.15, 0.2) is 31.4 Å². The Morgan fingerprint density at radius 2 is 2.50 bits per heavy atom. The summed E-state index contributed by atoms with van der Waals surface area (Å²) in [6.07, 6.45) is 7.50. The molecule has 1 aliphatic rings. The van der Waals surface area contributed by atoms with Crippen molar-refractivity contribution in [1.29, 1.82) is 0 Å². The van der Waals surface area contributed by atoms with E-state index in [9.17, 15) is 4.79 Å². The van der Waals surface area contributed by atoms with Crippen molar-refractivity contribution < 1.29 is 9.53 Å². The van der Waals surface area contributed by atoms with Gasteiger partial charge in [0.05, 0.1) is 12.4 Å². The van der Waals surface area contributed by atoms with Gasteiger partial charge >= 0.3 is 6.09 Å². The summed E-state index contributed by atoms with van der Waals surface area (Å²) in [7, 11) is 0. The van der Waals surface area contributed by atoms with E-state index in [0.717, 1.165) is 13.0 Å². The molecule has 6 heteroatoms. The van der Waals surface area contributed by atoms with E-state index in [1.54, 1.807) is 23.5 Å². The van der Waals surface area contributed by atoms with Crippen LogP contribution in [0.2, 0.25) is 0 Å². The number of aromatic nitrogens is 2. The molecule has 18 heavy (non-hydrogen) atoms. The predicted octanol–water partition coefficient (Wildman–Crippen LogP) is 1.58. The second-order valence-electron chi connectivity index (χ2n) is 4.32. The lowest BCUT2D eigenvalue weighted by molar-refractivity contribution is 0.105. The highest BCUT2D eigenvalue weighted by Gasteiger charge is 2.34. The second-order valence-corrected chi connectivity index (χ2v) is 5.05. The average molecular weight is 267 g/mol. The summed E-state index contributed by atoms with van der Waals surface area (Å²) in [4.78, 5) is 17.6. The number of carbonyl (C=O) groups is 1. The highest BCUT2D eigenvalue weighted by molar-refractivity contribution is 7.81. The van der Waals surface area contributed by atoms with Gasteiger partial charge in [0.15, 0.2) is 0 Å². The monoisotopic (exact) mass is 267 g/mol. The Morgan fingerprint density at radius 3 is 3.17 bits per heavy atom. The maximum Gasteiger partial charge on any atom is 0.410 e.